The molecular weight excluding hydrogens is 264 g/mol. The summed E-state index contributed by atoms with van der Waals surface area (Å²) in [6, 6.07) is 7.01. The van der Waals surface area contributed by atoms with Crippen LogP contribution in [0.4, 0.5) is 5.69 Å². The molecule has 1 fully saturated rings. The van der Waals surface area contributed by atoms with Gasteiger partial charge in [-0.15, -0.1) is 0 Å². The van der Waals surface area contributed by atoms with E-state index in [1.807, 2.05) is 0 Å². The molecule has 0 saturated carbocycles. The van der Waals surface area contributed by atoms with Crippen LogP contribution < -0.4 is 15.4 Å². The molecule has 116 valence electrons. The molecule has 4 nitrogen and oxygen atoms in total. The molecule has 3 rings (SSSR count). The monoisotopic (exact) mass is 290 g/mol. The van der Waals surface area contributed by atoms with E-state index in [0.29, 0.717) is 12.1 Å². The molecule has 0 aliphatic carbocycles. The molecule has 1 aromatic carbocycles. The normalized spacial score (nSPS) is 22.2. The number of ether oxygens (including phenoxy) is 2. The van der Waals surface area contributed by atoms with Gasteiger partial charge in [-0.25, -0.2) is 0 Å². The minimum atomic E-state index is 0.414. The maximum Gasteiger partial charge on any atom is 0.142 e. The molecule has 1 aromatic rings. The van der Waals surface area contributed by atoms with Crippen LogP contribution in [-0.2, 0) is 11.2 Å². The summed E-state index contributed by atoms with van der Waals surface area (Å²) in [4.78, 5) is 0. The predicted octanol–water partition coefficient (Wildman–Crippen LogP) is 2.58. The van der Waals surface area contributed by atoms with Crippen molar-refractivity contribution < 1.29 is 9.47 Å². The maximum atomic E-state index is 5.68. The van der Waals surface area contributed by atoms with Crippen LogP contribution in [0.1, 0.15) is 31.7 Å². The molecule has 1 saturated heterocycles. The first-order valence-corrected chi connectivity index (χ1v) is 8.19. The third kappa shape index (κ3) is 3.89. The maximum absolute atomic E-state index is 5.68. The number of nitrogens with one attached hydrogen (secondary N) is 2. The van der Waals surface area contributed by atoms with E-state index in [2.05, 4.69) is 35.8 Å². The van der Waals surface area contributed by atoms with Crippen molar-refractivity contribution >= 4 is 5.69 Å². The first-order chi connectivity index (χ1) is 10.3. The quantitative estimate of drug-likeness (QED) is 0.845. The number of hydrogen-bond acceptors (Lipinski definition) is 4. The molecule has 0 amide bonds. The molecule has 2 N–H and O–H groups in total. The highest BCUT2D eigenvalue weighted by atomic mass is 16.5. The number of rotatable bonds is 6. The van der Waals surface area contributed by atoms with Gasteiger partial charge >= 0.3 is 0 Å². The van der Waals surface area contributed by atoms with E-state index in [0.717, 1.165) is 50.6 Å². The van der Waals surface area contributed by atoms with E-state index >= 15 is 0 Å². The van der Waals surface area contributed by atoms with E-state index in [1.54, 1.807) is 0 Å². The van der Waals surface area contributed by atoms with Crippen molar-refractivity contribution in [2.24, 2.45) is 0 Å². The van der Waals surface area contributed by atoms with Crippen molar-refractivity contribution in [2.45, 2.75) is 44.8 Å². The Morgan fingerprint density at radius 2 is 2.33 bits per heavy atom. The Morgan fingerprint density at radius 3 is 3.14 bits per heavy atom. The van der Waals surface area contributed by atoms with Crippen molar-refractivity contribution in [3.05, 3.63) is 23.8 Å². The summed E-state index contributed by atoms with van der Waals surface area (Å²) in [5.41, 5.74) is 2.49. The van der Waals surface area contributed by atoms with Crippen LogP contribution in [0.3, 0.4) is 0 Å². The Labute approximate surface area is 127 Å². The Morgan fingerprint density at radius 1 is 1.38 bits per heavy atom. The lowest BCUT2D eigenvalue weighted by molar-refractivity contribution is 0.107. The summed E-state index contributed by atoms with van der Waals surface area (Å²) in [5.74, 6) is 0.977. The average molecular weight is 290 g/mol. The van der Waals surface area contributed by atoms with Crippen molar-refractivity contribution in [1.82, 2.24) is 5.32 Å². The van der Waals surface area contributed by atoms with E-state index in [4.69, 9.17) is 9.47 Å². The predicted molar refractivity (Wildman–Crippen MR) is 85.2 cm³/mol. The molecule has 0 radical (unpaired) electrons. The van der Waals surface area contributed by atoms with Gasteiger partial charge in [-0.05, 0) is 43.4 Å². The largest absolute Gasteiger partial charge is 0.490 e. The minimum absolute atomic E-state index is 0.414. The standard InChI is InChI=1S/C17H26N2O2/c1-2-14(19-12-15-4-3-8-20-15)10-13-5-6-17-16(11-13)18-7-9-21-17/h5-6,11,14-15,18-19H,2-4,7-10,12H2,1H3. The van der Waals surface area contributed by atoms with Crippen LogP contribution in [-0.4, -0.2) is 38.4 Å². The molecule has 0 aromatic heterocycles. The second-order valence-corrected chi connectivity index (χ2v) is 5.96. The van der Waals surface area contributed by atoms with Crippen molar-refractivity contribution in [1.29, 1.82) is 0 Å². The second kappa shape index (κ2) is 7.14. The highest BCUT2D eigenvalue weighted by Gasteiger charge is 2.17. The lowest BCUT2D eigenvalue weighted by Gasteiger charge is -2.22. The molecule has 2 aliphatic heterocycles. The molecule has 0 spiro atoms. The Bertz CT molecular complexity index is 458. The fourth-order valence-corrected chi connectivity index (χ4v) is 3.06. The van der Waals surface area contributed by atoms with Gasteiger partial charge in [0, 0.05) is 25.7 Å². The Kier molecular flexibility index (Phi) is 4.99. The van der Waals surface area contributed by atoms with Gasteiger partial charge in [-0.1, -0.05) is 13.0 Å². The fraction of sp³-hybridized carbons (Fsp3) is 0.647. The minimum Gasteiger partial charge on any atom is -0.490 e. The van der Waals surface area contributed by atoms with E-state index < -0.39 is 0 Å². The highest BCUT2D eigenvalue weighted by molar-refractivity contribution is 5.59. The molecule has 0 bridgehead atoms. The van der Waals surface area contributed by atoms with Crippen LogP contribution in [0.15, 0.2) is 18.2 Å². The van der Waals surface area contributed by atoms with Gasteiger partial charge in [0.2, 0.25) is 0 Å². The number of hydrogen-bond donors (Lipinski definition) is 2. The first-order valence-electron chi connectivity index (χ1n) is 8.19. The van der Waals surface area contributed by atoms with E-state index in [1.165, 1.54) is 18.4 Å². The zero-order chi connectivity index (χ0) is 14.5. The molecule has 2 unspecified atom stereocenters. The van der Waals surface area contributed by atoms with Crippen LogP contribution in [0.2, 0.25) is 0 Å². The van der Waals surface area contributed by atoms with Crippen molar-refractivity contribution in [3.8, 4) is 5.75 Å². The molecule has 4 heteroatoms. The van der Waals surface area contributed by atoms with Crippen LogP contribution in [0.5, 0.6) is 5.75 Å². The van der Waals surface area contributed by atoms with Gasteiger partial charge in [0.05, 0.1) is 11.8 Å². The van der Waals surface area contributed by atoms with E-state index in [-0.39, 0.29) is 0 Å². The lowest BCUT2D eigenvalue weighted by Crippen LogP contribution is -2.36. The second-order valence-electron chi connectivity index (χ2n) is 5.96. The van der Waals surface area contributed by atoms with Crippen LogP contribution >= 0.6 is 0 Å². The summed E-state index contributed by atoms with van der Waals surface area (Å²) >= 11 is 0. The summed E-state index contributed by atoms with van der Waals surface area (Å²) in [6.45, 7) is 5.80. The summed E-state index contributed by atoms with van der Waals surface area (Å²) in [6.07, 6.45) is 5.01. The smallest absolute Gasteiger partial charge is 0.142 e. The summed E-state index contributed by atoms with van der Waals surface area (Å²) in [7, 11) is 0. The SMILES string of the molecule is CCC(Cc1ccc2c(c1)NCCO2)NCC1CCCO1. The Balaban J connectivity index is 1.55. The van der Waals surface area contributed by atoms with Crippen LogP contribution in [0.25, 0.3) is 0 Å². The Hall–Kier alpha value is -1.26. The van der Waals surface area contributed by atoms with Crippen molar-refractivity contribution in [3.63, 3.8) is 0 Å². The van der Waals surface area contributed by atoms with Gasteiger partial charge in [0.25, 0.3) is 0 Å². The zero-order valence-corrected chi connectivity index (χ0v) is 12.9. The third-order valence-electron chi connectivity index (χ3n) is 4.35. The lowest BCUT2D eigenvalue weighted by atomic mass is 10.0. The van der Waals surface area contributed by atoms with Gasteiger partial charge in [0.1, 0.15) is 12.4 Å². The first kappa shape index (κ1) is 14.7. The van der Waals surface area contributed by atoms with E-state index in [9.17, 15) is 0 Å². The van der Waals surface area contributed by atoms with Gasteiger partial charge in [-0.2, -0.15) is 0 Å². The third-order valence-corrected chi connectivity index (χ3v) is 4.35. The number of anilines is 1. The summed E-state index contributed by atoms with van der Waals surface area (Å²) in [5, 5.41) is 7.07. The summed E-state index contributed by atoms with van der Waals surface area (Å²) < 4.78 is 11.3. The van der Waals surface area contributed by atoms with Gasteiger partial charge in [-0.3, -0.25) is 0 Å². The number of benzene rings is 1. The van der Waals surface area contributed by atoms with Crippen LogP contribution in [0, 0.1) is 0 Å². The molecule has 2 atom stereocenters. The average Bonchev–Trinajstić information content (AvgIpc) is 3.04. The molecule has 2 aliphatic rings. The fourth-order valence-electron chi connectivity index (χ4n) is 3.06. The highest BCUT2D eigenvalue weighted by Crippen LogP contribution is 2.28. The molecule has 2 heterocycles. The topological polar surface area (TPSA) is 42.5 Å². The molecule has 21 heavy (non-hydrogen) atoms. The van der Waals surface area contributed by atoms with Gasteiger partial charge < -0.3 is 20.1 Å². The van der Waals surface area contributed by atoms with Crippen molar-refractivity contribution in [2.75, 3.05) is 31.6 Å². The molecular formula is C17H26N2O2. The zero-order valence-electron chi connectivity index (χ0n) is 12.9. The van der Waals surface area contributed by atoms with Gasteiger partial charge in [0.15, 0.2) is 0 Å². The number of fused-ring (bicyclic) bond motifs is 1.